The van der Waals surface area contributed by atoms with E-state index in [1.165, 1.54) is 18.2 Å². The Kier molecular flexibility index (Phi) is 7.15. The van der Waals surface area contributed by atoms with Crippen molar-refractivity contribution < 1.29 is 13.6 Å². The number of benzene rings is 1. The van der Waals surface area contributed by atoms with Crippen LogP contribution in [-0.2, 0) is 11.7 Å². The molecule has 1 aliphatic rings. The molecule has 0 spiro atoms. The molecule has 1 atom stereocenters. The fraction of sp³-hybridized carbons (Fsp3) is 0.421. The van der Waals surface area contributed by atoms with Gasteiger partial charge in [-0.3, -0.25) is 4.79 Å². The van der Waals surface area contributed by atoms with E-state index < -0.39 is 16.8 Å². The van der Waals surface area contributed by atoms with E-state index in [2.05, 4.69) is 38.8 Å². The molecule has 2 aromatic rings. The third-order valence-corrected chi connectivity index (χ3v) is 6.26. The number of hydrogen-bond donors (Lipinski definition) is 1. The van der Waals surface area contributed by atoms with E-state index in [0.29, 0.717) is 17.9 Å². The topological polar surface area (TPSA) is 58.1 Å². The zero-order valence-corrected chi connectivity index (χ0v) is 20.1. The number of nitrogens with zero attached hydrogens (tertiary/aromatic N) is 3. The molecule has 5 nitrogen and oxygen atoms in total. The van der Waals surface area contributed by atoms with Gasteiger partial charge in [0.2, 0.25) is 0 Å². The molecule has 0 saturated carbocycles. The summed E-state index contributed by atoms with van der Waals surface area (Å²) in [6.07, 6.45) is 4.00. The summed E-state index contributed by atoms with van der Waals surface area (Å²) >= 11 is 5.83. The second-order valence-electron chi connectivity index (χ2n) is 10.2. The van der Waals surface area contributed by atoms with Gasteiger partial charge in [-0.05, 0) is 35.5 Å². The number of rotatable bonds is 6. The van der Waals surface area contributed by atoms with Crippen LogP contribution in [0.3, 0.4) is 0 Å². The average Bonchev–Trinajstić information content (AvgIpc) is 2.68. The number of piperidine rings is 1. The highest BCUT2D eigenvalue weighted by Gasteiger charge is 2.45. The number of nitrogens with one attached hydrogen (secondary N) is 1. The molecule has 1 aromatic carbocycles. The number of likely N-dealkylation sites (tertiary alicyclic amines) is 1. The summed E-state index contributed by atoms with van der Waals surface area (Å²) in [5.74, 6) is -0.243. The van der Waals surface area contributed by atoms with Gasteiger partial charge in [0.15, 0.2) is 0 Å². The number of amides is 1. The predicted octanol–water partition coefficient (Wildman–Crippen LogP) is -2.07. The smallest absolute Gasteiger partial charge is 0.253 e. The molecule has 13 heteroatoms. The minimum absolute atomic E-state index is 0.0226. The zero-order valence-electron chi connectivity index (χ0n) is 19.3. The van der Waals surface area contributed by atoms with Crippen LogP contribution in [0.2, 0.25) is 5.02 Å². The van der Waals surface area contributed by atoms with E-state index in [1.54, 1.807) is 4.90 Å². The summed E-state index contributed by atoms with van der Waals surface area (Å²) in [4.78, 5) is 23.4. The molecule has 0 aliphatic carbocycles. The number of aromatic nitrogens is 2. The van der Waals surface area contributed by atoms with Crippen LogP contribution in [0.1, 0.15) is 34.6 Å². The Balaban J connectivity index is 1.60. The first-order valence-electron chi connectivity index (χ1n) is 10.8. The lowest BCUT2D eigenvalue weighted by Crippen LogP contribution is -2.62. The average molecular weight is 454 g/mol. The Morgan fingerprint density at radius 1 is 1.25 bits per heavy atom. The maximum atomic E-state index is 15.6. The van der Waals surface area contributed by atoms with Crippen LogP contribution in [0.25, 0.3) is 0 Å². The summed E-state index contributed by atoms with van der Waals surface area (Å²) in [6.45, 7) is 0.772. The maximum absolute atomic E-state index is 15.6. The second kappa shape index (κ2) is 9.22. The Morgan fingerprint density at radius 3 is 2.47 bits per heavy atom. The molecule has 1 aliphatic heterocycles. The first kappa shape index (κ1) is 24.8. The van der Waals surface area contributed by atoms with Gasteiger partial charge >= 0.3 is 0 Å². The monoisotopic (exact) mass is 454 g/mol. The van der Waals surface area contributed by atoms with Crippen LogP contribution >= 0.6 is 11.6 Å². The molecule has 1 unspecified atom stereocenters. The SMILES string of the molecule is BC(B)(B)c1cnc(CNCC2(F)CCN(C(=O)c3ccc(F)c(Cl)c3)C(B)(B)C2)nc1. The van der Waals surface area contributed by atoms with Gasteiger partial charge in [0.05, 0.1) is 35.1 Å². The van der Waals surface area contributed by atoms with Gasteiger partial charge in [-0.1, -0.05) is 16.7 Å². The molecule has 1 fully saturated rings. The third-order valence-electron chi connectivity index (χ3n) is 5.97. The molecule has 32 heavy (non-hydrogen) atoms. The fourth-order valence-corrected chi connectivity index (χ4v) is 4.30. The van der Waals surface area contributed by atoms with Gasteiger partial charge in [0, 0.05) is 37.5 Å². The van der Waals surface area contributed by atoms with Crippen LogP contribution in [-0.4, -0.2) is 84.1 Å². The minimum atomic E-state index is -1.47. The predicted molar refractivity (Wildman–Crippen MR) is 136 cm³/mol. The van der Waals surface area contributed by atoms with Gasteiger partial charge in [0.25, 0.3) is 5.91 Å². The highest BCUT2D eigenvalue weighted by atomic mass is 35.5. The van der Waals surface area contributed by atoms with Crippen molar-refractivity contribution >= 4 is 56.7 Å². The minimum Gasteiger partial charge on any atom is -0.349 e. The lowest BCUT2D eigenvalue weighted by Gasteiger charge is -2.49. The van der Waals surface area contributed by atoms with E-state index in [1.807, 2.05) is 28.1 Å². The molecule has 3 rings (SSSR count). The van der Waals surface area contributed by atoms with Gasteiger partial charge < -0.3 is 10.2 Å². The zero-order chi connectivity index (χ0) is 23.7. The molecule has 1 amide bonds. The van der Waals surface area contributed by atoms with Crippen LogP contribution in [0.15, 0.2) is 30.6 Å². The highest BCUT2D eigenvalue weighted by molar-refractivity contribution is 6.58. The molecule has 2 heterocycles. The lowest BCUT2D eigenvalue weighted by molar-refractivity contribution is 0.0252. The number of carbonyl (C=O) groups excluding carboxylic acids is 1. The molecular formula is C19H26B5ClF2N4O. The van der Waals surface area contributed by atoms with Crippen LogP contribution in [0.4, 0.5) is 8.78 Å². The van der Waals surface area contributed by atoms with Crippen molar-refractivity contribution in [3.05, 3.63) is 58.4 Å². The molecule has 1 aromatic heterocycles. The summed E-state index contributed by atoms with van der Waals surface area (Å²) in [6, 6.07) is 3.90. The molecule has 0 bridgehead atoms. The third kappa shape index (κ3) is 5.76. The van der Waals surface area contributed by atoms with Gasteiger partial charge in [0.1, 0.15) is 33.0 Å². The summed E-state index contributed by atoms with van der Waals surface area (Å²) < 4.78 is 29.1. The van der Waals surface area contributed by atoms with Crippen molar-refractivity contribution in [3.8, 4) is 0 Å². The number of alkyl halides is 1. The van der Waals surface area contributed by atoms with E-state index in [-0.39, 0.29) is 42.0 Å². The van der Waals surface area contributed by atoms with E-state index in [4.69, 9.17) is 11.6 Å². The second-order valence-corrected chi connectivity index (χ2v) is 10.6. The quantitative estimate of drug-likeness (QED) is 0.511. The van der Waals surface area contributed by atoms with E-state index >= 15 is 4.39 Å². The van der Waals surface area contributed by atoms with Crippen molar-refractivity contribution in [2.45, 2.75) is 35.5 Å². The van der Waals surface area contributed by atoms with Gasteiger partial charge in [-0.15, -0.1) is 0 Å². The summed E-state index contributed by atoms with van der Waals surface area (Å²) in [5, 5.41) is 2.30. The molecule has 1 saturated heterocycles. The van der Waals surface area contributed by atoms with E-state index in [9.17, 15) is 9.18 Å². The van der Waals surface area contributed by atoms with Crippen molar-refractivity contribution in [1.82, 2.24) is 20.2 Å². The van der Waals surface area contributed by atoms with Crippen LogP contribution < -0.4 is 5.32 Å². The van der Waals surface area contributed by atoms with Crippen molar-refractivity contribution in [1.29, 1.82) is 0 Å². The molecule has 164 valence electrons. The van der Waals surface area contributed by atoms with Gasteiger partial charge in [-0.25, -0.2) is 18.7 Å². The highest BCUT2D eigenvalue weighted by Crippen LogP contribution is 2.35. The van der Waals surface area contributed by atoms with Gasteiger partial charge in [-0.2, -0.15) is 0 Å². The Morgan fingerprint density at radius 2 is 1.91 bits per heavy atom. The first-order chi connectivity index (χ1) is 14.8. The Labute approximate surface area is 197 Å². The Bertz CT molecular complexity index is 993. The van der Waals surface area contributed by atoms with Crippen molar-refractivity contribution in [2.24, 2.45) is 0 Å². The molecule has 0 radical (unpaired) electrons. The maximum Gasteiger partial charge on any atom is 0.253 e. The number of halogens is 3. The fourth-order valence-electron chi connectivity index (χ4n) is 4.12. The Hall–Kier alpha value is -1.80. The molecule has 1 N–H and O–H groups in total. The van der Waals surface area contributed by atoms with Crippen molar-refractivity contribution in [2.75, 3.05) is 13.1 Å². The van der Waals surface area contributed by atoms with E-state index in [0.717, 1.165) is 5.56 Å². The summed E-state index contributed by atoms with van der Waals surface area (Å²) in [7, 11) is 9.98. The van der Waals surface area contributed by atoms with Crippen LogP contribution in [0, 0.1) is 5.82 Å². The van der Waals surface area contributed by atoms with Crippen molar-refractivity contribution in [3.63, 3.8) is 0 Å². The van der Waals surface area contributed by atoms with Crippen LogP contribution in [0.5, 0.6) is 0 Å². The largest absolute Gasteiger partial charge is 0.349 e. The normalized spacial score (nSPS) is 20.8. The first-order valence-corrected chi connectivity index (χ1v) is 11.2. The number of carbonyl (C=O) groups is 1. The number of hydrogen-bond acceptors (Lipinski definition) is 4. The lowest BCUT2D eigenvalue weighted by atomic mass is 9.40. The molecular weight excluding hydrogens is 428 g/mol. The standard InChI is InChI=1S/C19H26B5ClF2N4O/c20-18(21)9-17(27,10-28-8-15-29-6-12(7-30-15)19(22,23)24)3-4-31(18)16(32)11-1-2-14(26)13(25)5-11/h1-2,5-7,28H,3-4,8-10,20-24H2. The summed E-state index contributed by atoms with van der Waals surface area (Å²) in [5.41, 5.74) is -0.124.